The molecule has 2 fully saturated rings. The molecule has 45 heavy (non-hydrogen) atoms. The summed E-state index contributed by atoms with van der Waals surface area (Å²) in [5.41, 5.74) is 5.43. The van der Waals surface area contributed by atoms with E-state index in [1.165, 1.54) is 22.3 Å². The van der Waals surface area contributed by atoms with E-state index in [4.69, 9.17) is 0 Å². The maximum atomic E-state index is 11.7. The van der Waals surface area contributed by atoms with E-state index >= 15 is 0 Å². The maximum absolute atomic E-state index is 11.7. The molecule has 0 aliphatic carbocycles. The minimum absolute atomic E-state index is 0.146. The van der Waals surface area contributed by atoms with Gasteiger partial charge in [-0.2, -0.15) is 0 Å². The molecule has 0 unspecified atom stereocenters. The molecular formula is C37H64N6O2. The van der Waals surface area contributed by atoms with Gasteiger partial charge >= 0.3 is 0 Å². The van der Waals surface area contributed by atoms with Gasteiger partial charge in [0, 0.05) is 93.0 Å². The van der Waals surface area contributed by atoms with Crippen molar-refractivity contribution in [3.05, 3.63) is 70.8 Å². The predicted octanol–water partition coefficient (Wildman–Crippen LogP) is 4.89. The Morgan fingerprint density at radius 3 is 1.51 bits per heavy atom. The van der Waals surface area contributed by atoms with Gasteiger partial charge in [0.25, 0.3) is 0 Å². The lowest BCUT2D eigenvalue weighted by Gasteiger charge is -2.34. The Morgan fingerprint density at radius 1 is 0.689 bits per heavy atom. The zero-order valence-electron chi connectivity index (χ0n) is 30.1. The molecule has 2 saturated heterocycles. The number of piperazine rings is 2. The number of nitrogens with zero attached hydrogens (tertiary/aromatic N) is 5. The van der Waals surface area contributed by atoms with Crippen LogP contribution in [0.2, 0.25) is 0 Å². The fraction of sp³-hybridized carbons (Fsp3) is 0.622. The van der Waals surface area contributed by atoms with Gasteiger partial charge in [-0.1, -0.05) is 87.4 Å². The number of nitrogens with one attached hydrogen (secondary N) is 1. The van der Waals surface area contributed by atoms with Gasteiger partial charge in [0.15, 0.2) is 0 Å². The number of carbonyl (C=O) groups excluding carboxylic acids is 2. The van der Waals surface area contributed by atoms with Crippen LogP contribution >= 0.6 is 0 Å². The molecule has 2 aromatic rings. The van der Waals surface area contributed by atoms with E-state index in [-0.39, 0.29) is 11.8 Å². The van der Waals surface area contributed by atoms with Gasteiger partial charge in [-0.3, -0.25) is 24.3 Å². The molecule has 2 aliphatic heterocycles. The van der Waals surface area contributed by atoms with Gasteiger partial charge in [-0.05, 0) is 37.9 Å². The third-order valence-electron chi connectivity index (χ3n) is 7.92. The van der Waals surface area contributed by atoms with Crippen LogP contribution in [0.4, 0.5) is 0 Å². The molecule has 0 radical (unpaired) electrons. The number of amides is 2. The molecule has 8 nitrogen and oxygen atoms in total. The van der Waals surface area contributed by atoms with Crippen LogP contribution in [0.15, 0.2) is 48.5 Å². The first-order valence-electron chi connectivity index (χ1n) is 17.1. The number of likely N-dealkylation sites (N-methyl/N-ethyl adjacent to an activating group) is 1. The molecule has 2 aliphatic rings. The van der Waals surface area contributed by atoms with Crippen LogP contribution in [0.25, 0.3) is 0 Å². The predicted molar refractivity (Wildman–Crippen MR) is 190 cm³/mol. The standard InChI is InChI=1S/C17H27N3O.C16H25N3O.2C2H6/c1-15-5-3-6-16(13-15)14-20-11-9-19(10-12-20)8-4-7-17(21)18-2;1-14-5-4-6-15(11-14)12-18-7-9-19(10-8-18)13-16(20)17(2)3;2*1-2/h3,5-6,13H,4,7-12,14H2,1-2H3,(H,18,21);4-6,11H,7-10,12-13H2,1-3H3;2*1-2H3. The average molecular weight is 625 g/mol. The summed E-state index contributed by atoms with van der Waals surface area (Å²) in [7, 11) is 5.33. The Labute approximate surface area is 275 Å². The van der Waals surface area contributed by atoms with Crippen LogP contribution < -0.4 is 5.32 Å². The molecule has 4 rings (SSSR count). The molecule has 254 valence electrons. The Balaban J connectivity index is 0.000000406. The van der Waals surface area contributed by atoms with Gasteiger partial charge in [0.1, 0.15) is 0 Å². The van der Waals surface area contributed by atoms with Crippen LogP contribution in [0.5, 0.6) is 0 Å². The lowest BCUT2D eigenvalue weighted by molar-refractivity contribution is -0.130. The van der Waals surface area contributed by atoms with Crippen molar-refractivity contribution in [2.45, 2.75) is 67.5 Å². The smallest absolute Gasteiger partial charge is 0.236 e. The summed E-state index contributed by atoms with van der Waals surface area (Å²) in [6.07, 6.45) is 1.59. The molecular weight excluding hydrogens is 560 g/mol. The van der Waals surface area contributed by atoms with Crippen LogP contribution in [-0.2, 0) is 22.7 Å². The highest BCUT2D eigenvalue weighted by molar-refractivity contribution is 5.77. The van der Waals surface area contributed by atoms with Crippen molar-refractivity contribution in [3.63, 3.8) is 0 Å². The van der Waals surface area contributed by atoms with E-state index in [9.17, 15) is 9.59 Å². The van der Waals surface area contributed by atoms with Crippen molar-refractivity contribution in [2.75, 3.05) is 86.6 Å². The van der Waals surface area contributed by atoms with Gasteiger partial charge in [-0.15, -0.1) is 0 Å². The number of rotatable bonds is 10. The van der Waals surface area contributed by atoms with Gasteiger partial charge in [-0.25, -0.2) is 0 Å². The Bertz CT molecular complexity index is 1080. The number of hydrogen-bond donors (Lipinski definition) is 1. The highest BCUT2D eigenvalue weighted by Crippen LogP contribution is 2.12. The summed E-state index contributed by atoms with van der Waals surface area (Å²) < 4.78 is 0. The zero-order valence-corrected chi connectivity index (χ0v) is 30.1. The third-order valence-corrected chi connectivity index (χ3v) is 7.92. The lowest BCUT2D eigenvalue weighted by atomic mass is 10.1. The quantitative estimate of drug-likeness (QED) is 0.406. The highest BCUT2D eigenvalue weighted by Gasteiger charge is 2.20. The van der Waals surface area contributed by atoms with E-state index in [0.29, 0.717) is 13.0 Å². The molecule has 8 heteroatoms. The summed E-state index contributed by atoms with van der Waals surface area (Å²) >= 11 is 0. The number of aryl methyl sites for hydroxylation is 2. The largest absolute Gasteiger partial charge is 0.359 e. The normalized spacial score (nSPS) is 15.8. The summed E-state index contributed by atoms with van der Waals surface area (Å²) in [6, 6.07) is 17.5. The Hall–Kier alpha value is -2.78. The summed E-state index contributed by atoms with van der Waals surface area (Å²) in [6.45, 7) is 24.4. The summed E-state index contributed by atoms with van der Waals surface area (Å²) in [5.74, 6) is 0.338. The first-order valence-corrected chi connectivity index (χ1v) is 17.1. The fourth-order valence-electron chi connectivity index (χ4n) is 5.33. The topological polar surface area (TPSA) is 62.4 Å². The summed E-state index contributed by atoms with van der Waals surface area (Å²) in [5, 5.41) is 2.68. The first-order chi connectivity index (χ1) is 21.7. The molecule has 2 amide bonds. The average Bonchev–Trinajstić information content (AvgIpc) is 3.05. The minimum Gasteiger partial charge on any atom is -0.359 e. The fourth-order valence-corrected chi connectivity index (χ4v) is 5.33. The molecule has 0 bridgehead atoms. The molecule has 0 aromatic heterocycles. The van der Waals surface area contributed by atoms with Crippen LogP contribution in [0.1, 0.15) is 62.8 Å². The van der Waals surface area contributed by atoms with E-state index < -0.39 is 0 Å². The van der Waals surface area contributed by atoms with E-state index in [1.807, 2.05) is 41.8 Å². The lowest BCUT2D eigenvalue weighted by Crippen LogP contribution is -2.48. The van der Waals surface area contributed by atoms with E-state index in [1.54, 1.807) is 11.9 Å². The molecule has 0 atom stereocenters. The Morgan fingerprint density at radius 2 is 1.11 bits per heavy atom. The second-order valence-electron chi connectivity index (χ2n) is 11.7. The van der Waals surface area contributed by atoms with E-state index in [2.05, 4.69) is 87.3 Å². The van der Waals surface area contributed by atoms with Gasteiger partial charge < -0.3 is 15.1 Å². The molecule has 0 saturated carbocycles. The van der Waals surface area contributed by atoms with Gasteiger partial charge in [0.05, 0.1) is 6.54 Å². The SMILES string of the molecule is CC.CC.CNC(=O)CCCN1CCN(Cc2cccc(C)c2)CC1.Cc1cccc(CN2CCN(CC(=O)N(C)C)CC2)c1. The van der Waals surface area contributed by atoms with Crippen LogP contribution in [-0.4, -0.2) is 123 Å². The zero-order chi connectivity index (χ0) is 33.6. The van der Waals surface area contributed by atoms with Crippen molar-refractivity contribution in [1.29, 1.82) is 0 Å². The number of benzene rings is 2. The van der Waals surface area contributed by atoms with Crippen molar-refractivity contribution in [2.24, 2.45) is 0 Å². The summed E-state index contributed by atoms with van der Waals surface area (Å²) in [4.78, 5) is 34.3. The number of carbonyl (C=O) groups is 2. The van der Waals surface area contributed by atoms with Crippen molar-refractivity contribution < 1.29 is 9.59 Å². The van der Waals surface area contributed by atoms with E-state index in [0.717, 1.165) is 78.4 Å². The Kier molecular flexibility index (Phi) is 21.1. The highest BCUT2D eigenvalue weighted by atomic mass is 16.2. The molecule has 2 aromatic carbocycles. The number of hydrogen-bond acceptors (Lipinski definition) is 6. The molecule has 0 spiro atoms. The maximum Gasteiger partial charge on any atom is 0.236 e. The second kappa shape index (κ2) is 23.5. The van der Waals surface area contributed by atoms with Crippen LogP contribution in [0, 0.1) is 13.8 Å². The van der Waals surface area contributed by atoms with Crippen molar-refractivity contribution in [1.82, 2.24) is 29.8 Å². The monoisotopic (exact) mass is 625 g/mol. The van der Waals surface area contributed by atoms with Gasteiger partial charge in [0.2, 0.25) is 11.8 Å². The van der Waals surface area contributed by atoms with Crippen molar-refractivity contribution >= 4 is 11.8 Å². The minimum atomic E-state index is 0.146. The third kappa shape index (κ3) is 16.9. The van der Waals surface area contributed by atoms with Crippen molar-refractivity contribution in [3.8, 4) is 0 Å². The molecule has 2 heterocycles. The first kappa shape index (κ1) is 40.2. The molecule has 1 N–H and O–H groups in total. The van der Waals surface area contributed by atoms with Crippen LogP contribution in [0.3, 0.4) is 0 Å². The second-order valence-corrected chi connectivity index (χ2v) is 11.7.